The van der Waals surface area contributed by atoms with Crippen LogP contribution in [0.1, 0.15) is 58.1 Å². The van der Waals surface area contributed by atoms with E-state index in [1.165, 1.54) is 67.1 Å². The van der Waals surface area contributed by atoms with Crippen LogP contribution in [-0.2, 0) is 10.8 Å². The van der Waals surface area contributed by atoms with E-state index < -0.39 is 0 Å². The summed E-state index contributed by atoms with van der Waals surface area (Å²) in [5.41, 5.74) is 15.0. The van der Waals surface area contributed by atoms with Crippen molar-refractivity contribution in [1.29, 1.82) is 0 Å². The average molecular weight is 623 g/mol. The zero-order valence-corrected chi connectivity index (χ0v) is 28.4. The average Bonchev–Trinajstić information content (AvgIpc) is 3.12. The van der Waals surface area contributed by atoms with E-state index in [4.69, 9.17) is 0 Å². The van der Waals surface area contributed by atoms with Gasteiger partial charge in [-0.1, -0.05) is 125 Å². The Kier molecular flexibility index (Phi) is 6.50. The fourth-order valence-corrected chi connectivity index (χ4v) is 8.93. The van der Waals surface area contributed by atoms with E-state index in [1.54, 1.807) is 5.57 Å². The second kappa shape index (κ2) is 10.7. The molecule has 0 aromatic heterocycles. The minimum absolute atomic E-state index is 0.0140. The lowest BCUT2D eigenvalue weighted by Gasteiger charge is -2.52. The first-order chi connectivity index (χ1) is 23.3. The van der Waals surface area contributed by atoms with Crippen molar-refractivity contribution in [1.82, 2.24) is 0 Å². The molecular weight excluding hydrogens is 581 g/mol. The Hall–Kier alpha value is -5.08. The fourth-order valence-electron chi connectivity index (χ4n) is 8.93. The van der Waals surface area contributed by atoms with Gasteiger partial charge in [0.2, 0.25) is 0 Å². The number of fused-ring (bicyclic) bond motifs is 3. The Bertz CT molecular complexity index is 2210. The van der Waals surface area contributed by atoms with Crippen LogP contribution in [-0.4, -0.2) is 6.04 Å². The first kappa shape index (κ1) is 29.1. The summed E-state index contributed by atoms with van der Waals surface area (Å²) >= 11 is 0. The Morgan fingerprint density at radius 1 is 0.604 bits per heavy atom. The van der Waals surface area contributed by atoms with Crippen LogP contribution in [0.5, 0.6) is 0 Å². The SMILES string of the molecule is CC1(C)C2=C(C=CCC2)N2C3=C(CC(N(c4ccccc4)c4ccc(-c5ccc6ccccc6c5)cc4)C=C3)C(C)(C)c3cccc1c32. The van der Waals surface area contributed by atoms with Gasteiger partial charge in [-0.15, -0.1) is 0 Å². The smallest absolute Gasteiger partial charge is 0.0564 e. The summed E-state index contributed by atoms with van der Waals surface area (Å²) in [6, 6.07) is 42.7. The van der Waals surface area contributed by atoms with E-state index in [9.17, 15) is 0 Å². The highest BCUT2D eigenvalue weighted by molar-refractivity contribution is 5.88. The number of rotatable bonds is 4. The van der Waals surface area contributed by atoms with Crippen molar-refractivity contribution < 1.29 is 0 Å². The molecule has 0 saturated heterocycles. The molecule has 0 saturated carbocycles. The Morgan fingerprint density at radius 3 is 2.02 bits per heavy atom. The number of hydrogen-bond acceptors (Lipinski definition) is 2. The molecule has 0 amide bonds. The highest BCUT2D eigenvalue weighted by Crippen LogP contribution is 2.58. The molecule has 5 aromatic rings. The van der Waals surface area contributed by atoms with Gasteiger partial charge in [0.15, 0.2) is 0 Å². The molecule has 2 nitrogen and oxygen atoms in total. The Morgan fingerprint density at radius 2 is 1.25 bits per heavy atom. The summed E-state index contributed by atoms with van der Waals surface area (Å²) < 4.78 is 0. The molecule has 1 atom stereocenters. The molecule has 2 heteroatoms. The summed E-state index contributed by atoms with van der Waals surface area (Å²) in [5.74, 6) is 0. The third-order valence-corrected chi connectivity index (χ3v) is 11.5. The van der Waals surface area contributed by atoms with Gasteiger partial charge in [0.1, 0.15) is 0 Å². The van der Waals surface area contributed by atoms with Crippen molar-refractivity contribution in [2.75, 3.05) is 9.80 Å². The van der Waals surface area contributed by atoms with E-state index in [1.807, 2.05) is 0 Å². The topological polar surface area (TPSA) is 6.48 Å². The van der Waals surface area contributed by atoms with Gasteiger partial charge >= 0.3 is 0 Å². The van der Waals surface area contributed by atoms with Gasteiger partial charge in [0.05, 0.1) is 11.7 Å². The largest absolute Gasteiger partial charge is 0.334 e. The van der Waals surface area contributed by atoms with Gasteiger partial charge in [0.25, 0.3) is 0 Å². The van der Waals surface area contributed by atoms with Gasteiger partial charge in [-0.3, -0.25) is 0 Å². The van der Waals surface area contributed by atoms with Crippen LogP contribution in [0.2, 0.25) is 0 Å². The van der Waals surface area contributed by atoms with Crippen molar-refractivity contribution in [3.63, 3.8) is 0 Å². The summed E-state index contributed by atoms with van der Waals surface area (Å²) in [7, 11) is 0. The number of benzene rings is 5. The number of hydrogen-bond donors (Lipinski definition) is 0. The molecular formula is C46H42N2. The molecule has 0 spiro atoms. The summed E-state index contributed by atoms with van der Waals surface area (Å²) in [4.78, 5) is 5.16. The van der Waals surface area contributed by atoms with Crippen molar-refractivity contribution in [2.45, 2.75) is 63.8 Å². The monoisotopic (exact) mass is 622 g/mol. The van der Waals surface area contributed by atoms with E-state index in [2.05, 4.69) is 177 Å². The first-order valence-corrected chi connectivity index (χ1v) is 17.5. The maximum atomic E-state index is 2.62. The van der Waals surface area contributed by atoms with Crippen LogP contribution in [0.3, 0.4) is 0 Å². The van der Waals surface area contributed by atoms with E-state index in [-0.39, 0.29) is 16.9 Å². The molecule has 0 N–H and O–H groups in total. The zero-order valence-electron chi connectivity index (χ0n) is 28.4. The van der Waals surface area contributed by atoms with Crippen LogP contribution in [0.4, 0.5) is 17.1 Å². The van der Waals surface area contributed by atoms with Crippen molar-refractivity contribution >= 4 is 27.8 Å². The molecule has 4 aliphatic rings. The molecule has 0 bridgehead atoms. The fraction of sp³-hybridized carbons (Fsp3) is 0.217. The Labute approximate surface area is 285 Å². The highest BCUT2D eigenvalue weighted by Gasteiger charge is 2.47. The lowest BCUT2D eigenvalue weighted by molar-refractivity contribution is 0.524. The third-order valence-electron chi connectivity index (χ3n) is 11.5. The maximum absolute atomic E-state index is 2.62. The molecule has 48 heavy (non-hydrogen) atoms. The second-order valence-corrected chi connectivity index (χ2v) is 14.9. The maximum Gasteiger partial charge on any atom is 0.0564 e. The van der Waals surface area contributed by atoms with E-state index in [0.29, 0.717) is 0 Å². The number of anilines is 3. The highest BCUT2D eigenvalue weighted by atomic mass is 15.2. The predicted octanol–water partition coefficient (Wildman–Crippen LogP) is 11.9. The molecule has 1 unspecified atom stereocenters. The van der Waals surface area contributed by atoms with Crippen LogP contribution < -0.4 is 9.80 Å². The van der Waals surface area contributed by atoms with E-state index >= 15 is 0 Å². The quantitative estimate of drug-likeness (QED) is 0.197. The van der Waals surface area contributed by atoms with Crippen LogP contribution in [0.15, 0.2) is 162 Å². The van der Waals surface area contributed by atoms with Gasteiger partial charge in [-0.05, 0) is 106 Å². The summed E-state index contributed by atoms with van der Waals surface area (Å²) in [5, 5.41) is 2.55. The molecule has 2 aliphatic heterocycles. The van der Waals surface area contributed by atoms with Crippen LogP contribution in [0, 0.1) is 0 Å². The molecule has 2 heterocycles. The standard InChI is InChI=1S/C46H42N2/c1-45(2)38-17-10-11-20-42(38)48-43-28-27-37(30-41(43)46(3,4)40-19-12-18-39(45)44(40)48)47(35-15-6-5-7-16-35)36-25-23-32(24-26-36)34-22-21-31-13-8-9-14-33(31)29-34/h5-9,11-16,18-29,37H,10,17,30H2,1-4H3. The number of para-hydroxylation sites is 2. The second-order valence-electron chi connectivity index (χ2n) is 14.9. The third kappa shape index (κ3) is 4.32. The van der Waals surface area contributed by atoms with Crippen molar-refractivity contribution in [2.24, 2.45) is 0 Å². The minimum Gasteiger partial charge on any atom is -0.334 e. The minimum atomic E-state index is -0.102. The van der Waals surface area contributed by atoms with Gasteiger partial charge in [-0.25, -0.2) is 0 Å². The summed E-state index contributed by atoms with van der Waals surface area (Å²) in [6.45, 7) is 9.76. The molecule has 0 radical (unpaired) electrons. The number of nitrogens with zero attached hydrogens (tertiary/aromatic N) is 2. The van der Waals surface area contributed by atoms with Crippen molar-refractivity contribution in [3.8, 4) is 11.1 Å². The van der Waals surface area contributed by atoms with Gasteiger partial charge in [0, 0.05) is 33.6 Å². The molecule has 9 rings (SSSR count). The lowest BCUT2D eigenvalue weighted by atomic mass is 9.63. The molecule has 236 valence electrons. The zero-order chi connectivity index (χ0) is 32.6. The molecule has 2 aliphatic carbocycles. The van der Waals surface area contributed by atoms with Crippen LogP contribution in [0.25, 0.3) is 21.9 Å². The van der Waals surface area contributed by atoms with Gasteiger partial charge < -0.3 is 9.80 Å². The van der Waals surface area contributed by atoms with E-state index in [0.717, 1.165) is 19.3 Å². The predicted molar refractivity (Wildman–Crippen MR) is 203 cm³/mol. The lowest BCUT2D eigenvalue weighted by Crippen LogP contribution is -2.45. The molecule has 0 fully saturated rings. The molecule has 5 aromatic carbocycles. The van der Waals surface area contributed by atoms with Gasteiger partial charge in [-0.2, -0.15) is 0 Å². The number of allylic oxidation sites excluding steroid dienone is 4. The summed E-state index contributed by atoms with van der Waals surface area (Å²) in [6.07, 6.45) is 12.9. The van der Waals surface area contributed by atoms with Crippen LogP contribution >= 0.6 is 0 Å². The Balaban J connectivity index is 1.13. The normalized spacial score (nSPS) is 20.0. The first-order valence-electron chi connectivity index (χ1n) is 17.5. The van der Waals surface area contributed by atoms with Crippen molar-refractivity contribution in [3.05, 3.63) is 173 Å².